The van der Waals surface area contributed by atoms with Gasteiger partial charge in [-0.05, 0) is 39.7 Å². The van der Waals surface area contributed by atoms with Crippen molar-refractivity contribution < 1.29 is 34.1 Å². The van der Waals surface area contributed by atoms with Crippen LogP contribution in [0.2, 0.25) is 0 Å². The Balaban J connectivity index is 2.31. The van der Waals surface area contributed by atoms with E-state index < -0.39 is 29.6 Å². The van der Waals surface area contributed by atoms with Gasteiger partial charge in [-0.25, -0.2) is 0 Å². The van der Waals surface area contributed by atoms with Crippen molar-refractivity contribution in [2.24, 2.45) is 0 Å². The van der Waals surface area contributed by atoms with Crippen LogP contribution in [-0.2, 0) is 0 Å². The zero-order valence-corrected chi connectivity index (χ0v) is 18.0. The Bertz CT molecular complexity index is 920. The molecular weight excluding hydrogens is 464 g/mol. The van der Waals surface area contributed by atoms with Gasteiger partial charge in [-0.1, -0.05) is 0 Å². The minimum absolute atomic E-state index is 0.124. The number of nitrogens with zero attached hydrogens (tertiary/aromatic N) is 1. The highest BCUT2D eigenvalue weighted by molar-refractivity contribution is 9.10. The number of halogens is 1. The molecule has 0 saturated heterocycles. The first-order chi connectivity index (χ1) is 14.3. The number of rotatable bonds is 9. The number of hydrogen-bond donors (Lipinski definition) is 3. The maximum Gasteiger partial charge on any atom is 0.269 e. The standard InChI is InChI=1S/C19H21BrN2O8/c1-28-14-8-12(15(20)18(30-3)17(14)29-2)19(25)21-13(9-23)16(24)10-4-6-11(7-5-10)22(26)27/h4-8,13,16,23-24H,9H2,1-3H3,(H,21,25). The summed E-state index contributed by atoms with van der Waals surface area (Å²) in [6.45, 7) is -0.577. The number of aliphatic hydroxyl groups excluding tert-OH is 2. The summed E-state index contributed by atoms with van der Waals surface area (Å²) in [6.07, 6.45) is -1.31. The van der Waals surface area contributed by atoms with Gasteiger partial charge >= 0.3 is 0 Å². The molecule has 0 aliphatic rings. The lowest BCUT2D eigenvalue weighted by atomic mass is 10.0. The number of nitrogens with one attached hydrogen (secondary N) is 1. The molecule has 2 aromatic carbocycles. The van der Waals surface area contributed by atoms with Gasteiger partial charge in [0.25, 0.3) is 11.6 Å². The van der Waals surface area contributed by atoms with Crippen LogP contribution in [0.1, 0.15) is 22.0 Å². The molecule has 0 spiro atoms. The van der Waals surface area contributed by atoms with E-state index in [2.05, 4.69) is 21.2 Å². The number of amides is 1. The summed E-state index contributed by atoms with van der Waals surface area (Å²) >= 11 is 3.30. The van der Waals surface area contributed by atoms with Crippen molar-refractivity contribution in [1.82, 2.24) is 5.32 Å². The molecule has 0 fully saturated rings. The molecule has 11 heteroatoms. The van der Waals surface area contributed by atoms with E-state index >= 15 is 0 Å². The third kappa shape index (κ3) is 4.81. The molecule has 2 rings (SSSR count). The van der Waals surface area contributed by atoms with E-state index in [1.807, 2.05) is 0 Å². The summed E-state index contributed by atoms with van der Waals surface area (Å²) in [4.78, 5) is 23.0. The number of nitro groups is 1. The second kappa shape index (κ2) is 10.2. The lowest BCUT2D eigenvalue weighted by molar-refractivity contribution is -0.384. The summed E-state index contributed by atoms with van der Waals surface area (Å²) in [5.41, 5.74) is 0.277. The second-order valence-corrected chi connectivity index (χ2v) is 6.86. The summed E-state index contributed by atoms with van der Waals surface area (Å²) in [5, 5.41) is 33.5. The van der Waals surface area contributed by atoms with E-state index in [-0.39, 0.29) is 28.5 Å². The topological polar surface area (TPSA) is 140 Å². The molecule has 0 heterocycles. The van der Waals surface area contributed by atoms with Crippen LogP contribution in [0, 0.1) is 10.1 Å². The fraction of sp³-hybridized carbons (Fsp3) is 0.316. The Morgan fingerprint density at radius 2 is 1.77 bits per heavy atom. The van der Waals surface area contributed by atoms with Crippen molar-refractivity contribution >= 4 is 27.5 Å². The van der Waals surface area contributed by atoms with Gasteiger partial charge < -0.3 is 29.7 Å². The summed E-state index contributed by atoms with van der Waals surface area (Å²) in [7, 11) is 4.23. The van der Waals surface area contributed by atoms with Crippen molar-refractivity contribution in [3.05, 3.63) is 56.0 Å². The maximum absolute atomic E-state index is 12.8. The van der Waals surface area contributed by atoms with Gasteiger partial charge in [-0.3, -0.25) is 14.9 Å². The monoisotopic (exact) mass is 484 g/mol. The number of methoxy groups -OCH3 is 3. The molecule has 30 heavy (non-hydrogen) atoms. The molecular formula is C19H21BrN2O8. The van der Waals surface area contributed by atoms with Gasteiger partial charge in [0, 0.05) is 12.1 Å². The number of benzene rings is 2. The summed E-state index contributed by atoms with van der Waals surface area (Å²) in [5.74, 6) is 0.145. The second-order valence-electron chi connectivity index (χ2n) is 6.06. The van der Waals surface area contributed by atoms with E-state index in [9.17, 15) is 25.1 Å². The van der Waals surface area contributed by atoms with Crippen molar-refractivity contribution in [2.45, 2.75) is 12.1 Å². The van der Waals surface area contributed by atoms with Gasteiger partial charge in [0.05, 0.1) is 48.9 Å². The van der Waals surface area contributed by atoms with Crippen LogP contribution in [0.15, 0.2) is 34.8 Å². The predicted molar refractivity (Wildman–Crippen MR) is 110 cm³/mol. The third-order valence-electron chi connectivity index (χ3n) is 4.35. The van der Waals surface area contributed by atoms with E-state index in [1.165, 1.54) is 51.7 Å². The average Bonchev–Trinajstić information content (AvgIpc) is 2.76. The number of ether oxygens (including phenoxy) is 3. The van der Waals surface area contributed by atoms with Gasteiger partial charge in [-0.2, -0.15) is 0 Å². The molecule has 2 aromatic rings. The molecule has 0 bridgehead atoms. The van der Waals surface area contributed by atoms with E-state index in [0.717, 1.165) is 0 Å². The van der Waals surface area contributed by atoms with Gasteiger partial charge in [0.15, 0.2) is 11.5 Å². The number of carbonyl (C=O) groups is 1. The smallest absolute Gasteiger partial charge is 0.269 e. The SMILES string of the molecule is COc1cc(C(=O)NC(CO)C(O)c2ccc([N+](=O)[O-])cc2)c(Br)c(OC)c1OC. The van der Waals surface area contributed by atoms with Crippen LogP contribution >= 0.6 is 15.9 Å². The Kier molecular flexibility index (Phi) is 7.98. The molecule has 0 radical (unpaired) electrons. The Hall–Kier alpha value is -2.89. The van der Waals surface area contributed by atoms with Gasteiger partial charge in [0.2, 0.25) is 5.75 Å². The molecule has 0 aliphatic heterocycles. The number of hydrogen-bond acceptors (Lipinski definition) is 8. The first kappa shape index (κ1) is 23.4. The maximum atomic E-state index is 12.8. The predicted octanol–water partition coefficient (Wildman–Crippen LogP) is 2.21. The highest BCUT2D eigenvalue weighted by Gasteiger charge is 2.27. The van der Waals surface area contributed by atoms with Crippen LogP contribution in [0.5, 0.6) is 17.2 Å². The lowest BCUT2D eigenvalue weighted by Crippen LogP contribution is -2.42. The van der Waals surface area contributed by atoms with Gasteiger partial charge in [-0.15, -0.1) is 0 Å². The van der Waals surface area contributed by atoms with Crippen LogP contribution in [0.25, 0.3) is 0 Å². The molecule has 1 amide bonds. The van der Waals surface area contributed by atoms with E-state index in [4.69, 9.17) is 14.2 Å². The molecule has 0 aliphatic carbocycles. The van der Waals surface area contributed by atoms with Crippen LogP contribution in [-0.4, -0.2) is 55.0 Å². The molecule has 3 N–H and O–H groups in total. The molecule has 2 atom stereocenters. The average molecular weight is 485 g/mol. The van der Waals surface area contributed by atoms with E-state index in [0.29, 0.717) is 10.0 Å². The first-order valence-corrected chi connectivity index (χ1v) is 9.40. The number of aliphatic hydroxyl groups is 2. The Labute approximate surface area is 180 Å². The van der Waals surface area contributed by atoms with Crippen molar-refractivity contribution in [3.63, 3.8) is 0 Å². The van der Waals surface area contributed by atoms with Crippen molar-refractivity contribution in [3.8, 4) is 17.2 Å². The first-order valence-electron chi connectivity index (χ1n) is 8.61. The quantitative estimate of drug-likeness (QED) is 0.363. The fourth-order valence-corrected chi connectivity index (χ4v) is 3.42. The molecule has 0 saturated carbocycles. The largest absolute Gasteiger partial charge is 0.493 e. The zero-order valence-electron chi connectivity index (χ0n) is 16.4. The minimum Gasteiger partial charge on any atom is -0.493 e. The zero-order chi connectivity index (χ0) is 22.4. The molecule has 0 aromatic heterocycles. The van der Waals surface area contributed by atoms with Crippen LogP contribution in [0.4, 0.5) is 5.69 Å². The normalized spacial score (nSPS) is 12.6. The summed E-state index contributed by atoms with van der Waals surface area (Å²) < 4.78 is 16.1. The van der Waals surface area contributed by atoms with Crippen LogP contribution < -0.4 is 19.5 Å². The molecule has 10 nitrogen and oxygen atoms in total. The Morgan fingerprint density at radius 1 is 1.17 bits per heavy atom. The van der Waals surface area contributed by atoms with E-state index in [1.54, 1.807) is 0 Å². The van der Waals surface area contributed by atoms with Crippen LogP contribution in [0.3, 0.4) is 0 Å². The highest BCUT2D eigenvalue weighted by atomic mass is 79.9. The Morgan fingerprint density at radius 3 is 2.23 bits per heavy atom. The van der Waals surface area contributed by atoms with Crippen molar-refractivity contribution in [1.29, 1.82) is 0 Å². The molecule has 2 unspecified atom stereocenters. The number of nitro benzene ring substituents is 1. The third-order valence-corrected chi connectivity index (χ3v) is 5.14. The fourth-order valence-electron chi connectivity index (χ4n) is 2.78. The summed E-state index contributed by atoms with van der Waals surface area (Å²) in [6, 6.07) is 5.51. The lowest BCUT2D eigenvalue weighted by Gasteiger charge is -2.23. The minimum atomic E-state index is -1.31. The van der Waals surface area contributed by atoms with Gasteiger partial charge in [0.1, 0.15) is 6.10 Å². The molecule has 162 valence electrons. The van der Waals surface area contributed by atoms with Crippen molar-refractivity contribution in [2.75, 3.05) is 27.9 Å². The highest BCUT2D eigenvalue weighted by Crippen LogP contribution is 2.44. The number of non-ortho nitro benzene ring substituents is 1. The number of carbonyl (C=O) groups excluding carboxylic acids is 1.